The number of Topliss-reactive ketones (excluding diaryl/α,β-unsaturated/α-hetero) is 1. The summed E-state index contributed by atoms with van der Waals surface area (Å²) in [5.74, 6) is -0.251. The van der Waals surface area contributed by atoms with Crippen molar-refractivity contribution >= 4 is 22.7 Å². The molecule has 0 spiro atoms. The van der Waals surface area contributed by atoms with Gasteiger partial charge >= 0.3 is 0 Å². The van der Waals surface area contributed by atoms with Gasteiger partial charge in [0, 0.05) is 10.5 Å². The summed E-state index contributed by atoms with van der Waals surface area (Å²) in [4.78, 5) is 23.4. The zero-order valence-electron chi connectivity index (χ0n) is 6.74. The van der Waals surface area contributed by atoms with Crippen molar-refractivity contribution in [3.05, 3.63) is 42.0 Å². The molecule has 2 rings (SSSR count). The van der Waals surface area contributed by atoms with Gasteiger partial charge in [-0.3, -0.25) is 9.59 Å². The molecule has 0 N–H and O–H groups in total. The van der Waals surface area contributed by atoms with Crippen LogP contribution in [0.2, 0.25) is 0 Å². The Hall–Kier alpha value is -1.35. The zero-order chi connectivity index (χ0) is 9.42. The molecule has 1 heterocycles. The molecule has 0 atom stereocenters. The van der Waals surface area contributed by atoms with Crippen LogP contribution in [0.1, 0.15) is 10.4 Å². The lowest BCUT2D eigenvalue weighted by Crippen LogP contribution is -2.15. The number of rotatable bonds is 0. The number of carbonyl (C=O) groups is 2. The van der Waals surface area contributed by atoms with Crippen molar-refractivity contribution in [3.63, 3.8) is 0 Å². The molecule has 1 aromatic carbocycles. The van der Waals surface area contributed by atoms with Crippen molar-refractivity contribution in [2.24, 2.45) is 0 Å². The topological polar surface area (TPSA) is 34.1 Å². The highest BCUT2D eigenvalue weighted by Gasteiger charge is 2.27. The summed E-state index contributed by atoms with van der Waals surface area (Å²) >= 11 is 1.06. The molecular weight excluding hydrogens is 184 g/mol. The van der Waals surface area contributed by atoms with E-state index in [0.717, 1.165) is 16.7 Å². The van der Waals surface area contributed by atoms with Gasteiger partial charge < -0.3 is 0 Å². The number of hydrogen-bond acceptors (Lipinski definition) is 3. The molecule has 0 fully saturated rings. The highest BCUT2D eigenvalue weighted by atomic mass is 32.2. The number of carbonyl (C=O) groups excluding carboxylic acids is 2. The molecule has 0 aromatic heterocycles. The molecule has 0 aliphatic carbocycles. The predicted octanol–water partition coefficient (Wildman–Crippen LogP) is 2.06. The van der Waals surface area contributed by atoms with Crippen molar-refractivity contribution in [1.82, 2.24) is 0 Å². The maximum Gasteiger partial charge on any atom is 0.227 e. The standard InChI is InChI=1S/C10H6O2S/c1-6-9(11)7-4-2-3-5-8(7)13-10(6)12/h2-5H,1H2. The van der Waals surface area contributed by atoms with E-state index in [4.69, 9.17) is 0 Å². The van der Waals surface area contributed by atoms with Gasteiger partial charge in [-0.1, -0.05) is 18.7 Å². The molecule has 2 nitrogen and oxygen atoms in total. The molecule has 0 saturated carbocycles. The number of thioether (sulfide) groups is 1. The minimum atomic E-state index is -0.251. The quantitative estimate of drug-likeness (QED) is 0.464. The van der Waals surface area contributed by atoms with Crippen LogP contribution in [0.4, 0.5) is 0 Å². The van der Waals surface area contributed by atoms with Crippen molar-refractivity contribution in [2.45, 2.75) is 4.90 Å². The van der Waals surface area contributed by atoms with Gasteiger partial charge in [0.2, 0.25) is 5.12 Å². The van der Waals surface area contributed by atoms with Gasteiger partial charge in [0.25, 0.3) is 0 Å². The molecule has 0 amide bonds. The fourth-order valence-corrected chi connectivity index (χ4v) is 1.99. The average Bonchev–Trinajstić information content (AvgIpc) is 2.15. The summed E-state index contributed by atoms with van der Waals surface area (Å²) in [5.41, 5.74) is 0.654. The van der Waals surface area contributed by atoms with Crippen LogP contribution in [0, 0.1) is 0 Å². The fourth-order valence-electron chi connectivity index (χ4n) is 1.16. The number of ketones is 1. The van der Waals surface area contributed by atoms with Gasteiger partial charge in [-0.25, -0.2) is 0 Å². The van der Waals surface area contributed by atoms with Gasteiger partial charge in [-0.05, 0) is 23.9 Å². The van der Waals surface area contributed by atoms with Crippen LogP contribution in [0.3, 0.4) is 0 Å². The van der Waals surface area contributed by atoms with Gasteiger partial charge in [0.15, 0.2) is 5.78 Å². The van der Waals surface area contributed by atoms with Crippen molar-refractivity contribution in [2.75, 3.05) is 0 Å². The lowest BCUT2D eigenvalue weighted by Gasteiger charge is -2.13. The monoisotopic (exact) mass is 190 g/mol. The summed E-state index contributed by atoms with van der Waals surface area (Å²) in [6.07, 6.45) is 0. The van der Waals surface area contributed by atoms with E-state index in [1.54, 1.807) is 24.3 Å². The third kappa shape index (κ3) is 1.21. The second-order valence-electron chi connectivity index (χ2n) is 2.69. The minimum absolute atomic E-state index is 0.0729. The molecule has 0 unspecified atom stereocenters. The second-order valence-corrected chi connectivity index (χ2v) is 3.71. The Morgan fingerprint density at radius 3 is 2.62 bits per heavy atom. The van der Waals surface area contributed by atoms with Crippen LogP contribution < -0.4 is 0 Å². The Bertz CT molecular complexity index is 421. The molecule has 0 saturated heterocycles. The third-order valence-electron chi connectivity index (χ3n) is 1.85. The van der Waals surface area contributed by atoms with Crippen molar-refractivity contribution < 1.29 is 9.59 Å². The van der Waals surface area contributed by atoms with Gasteiger partial charge in [-0.15, -0.1) is 0 Å². The minimum Gasteiger partial charge on any atom is -0.288 e. The molecular formula is C10H6O2S. The summed E-state index contributed by atoms with van der Waals surface area (Å²) in [6, 6.07) is 7.06. The third-order valence-corrected chi connectivity index (χ3v) is 2.86. The first-order valence-electron chi connectivity index (χ1n) is 3.75. The predicted molar refractivity (Wildman–Crippen MR) is 50.8 cm³/mol. The molecule has 1 aliphatic heterocycles. The smallest absolute Gasteiger partial charge is 0.227 e. The number of hydrogen-bond donors (Lipinski definition) is 0. The summed E-state index contributed by atoms with van der Waals surface area (Å²) in [7, 11) is 0. The van der Waals surface area contributed by atoms with Crippen LogP contribution in [0.5, 0.6) is 0 Å². The van der Waals surface area contributed by atoms with E-state index >= 15 is 0 Å². The maximum absolute atomic E-state index is 11.5. The largest absolute Gasteiger partial charge is 0.288 e. The van der Waals surface area contributed by atoms with Gasteiger partial charge in [0.05, 0.1) is 5.57 Å². The Kier molecular flexibility index (Phi) is 1.81. The van der Waals surface area contributed by atoms with E-state index in [0.29, 0.717) is 5.56 Å². The maximum atomic E-state index is 11.5. The van der Waals surface area contributed by atoms with E-state index in [1.807, 2.05) is 0 Å². The average molecular weight is 190 g/mol. The van der Waals surface area contributed by atoms with Gasteiger partial charge in [0.1, 0.15) is 0 Å². The van der Waals surface area contributed by atoms with E-state index < -0.39 is 0 Å². The van der Waals surface area contributed by atoms with E-state index in [1.165, 1.54) is 0 Å². The van der Waals surface area contributed by atoms with Crippen molar-refractivity contribution in [3.8, 4) is 0 Å². The Labute approximate surface area is 79.6 Å². The lowest BCUT2D eigenvalue weighted by atomic mass is 10.1. The summed E-state index contributed by atoms with van der Waals surface area (Å²) in [5, 5.41) is -0.247. The highest BCUT2D eigenvalue weighted by molar-refractivity contribution is 8.14. The summed E-state index contributed by atoms with van der Waals surface area (Å²) < 4.78 is 0. The number of benzene rings is 1. The Morgan fingerprint density at radius 2 is 1.85 bits per heavy atom. The van der Waals surface area contributed by atoms with Crippen LogP contribution in [-0.2, 0) is 4.79 Å². The molecule has 1 aliphatic rings. The molecule has 0 radical (unpaired) electrons. The van der Waals surface area contributed by atoms with E-state index in [2.05, 4.69) is 6.58 Å². The Balaban J connectivity index is 2.62. The first kappa shape index (κ1) is 8.26. The molecule has 3 heteroatoms. The van der Waals surface area contributed by atoms with Gasteiger partial charge in [-0.2, -0.15) is 0 Å². The first-order chi connectivity index (χ1) is 6.20. The fraction of sp³-hybridized carbons (Fsp3) is 0. The SMILES string of the molecule is C=C1C(=O)Sc2ccccc2C1=O. The van der Waals surface area contributed by atoms with Crippen LogP contribution in [0.15, 0.2) is 41.3 Å². The second kappa shape index (κ2) is 2.85. The zero-order valence-corrected chi connectivity index (χ0v) is 7.56. The molecule has 13 heavy (non-hydrogen) atoms. The first-order valence-corrected chi connectivity index (χ1v) is 4.56. The number of fused-ring (bicyclic) bond motifs is 1. The summed E-state index contributed by atoms with van der Waals surface area (Å²) in [6.45, 7) is 3.46. The van der Waals surface area contributed by atoms with E-state index in [9.17, 15) is 9.59 Å². The van der Waals surface area contributed by atoms with Crippen molar-refractivity contribution in [1.29, 1.82) is 0 Å². The highest BCUT2D eigenvalue weighted by Crippen LogP contribution is 2.32. The lowest BCUT2D eigenvalue weighted by molar-refractivity contribution is -0.107. The molecule has 0 bridgehead atoms. The van der Waals surface area contributed by atoms with E-state index in [-0.39, 0.29) is 16.5 Å². The molecule has 1 aromatic rings. The molecule has 64 valence electrons. The van der Waals surface area contributed by atoms with Crippen LogP contribution in [-0.4, -0.2) is 10.9 Å². The Morgan fingerprint density at radius 1 is 1.15 bits per heavy atom. The van der Waals surface area contributed by atoms with Crippen LogP contribution >= 0.6 is 11.8 Å². The normalized spacial score (nSPS) is 15.8. The van der Waals surface area contributed by atoms with Crippen LogP contribution in [0.25, 0.3) is 0 Å².